The summed E-state index contributed by atoms with van der Waals surface area (Å²) >= 11 is 1.15. The normalized spacial score (nSPS) is 16.1. The predicted octanol–water partition coefficient (Wildman–Crippen LogP) is 2.62. The van der Waals surface area contributed by atoms with Gasteiger partial charge in [0.25, 0.3) is 0 Å². The van der Waals surface area contributed by atoms with Gasteiger partial charge in [0.2, 0.25) is 16.9 Å². The van der Waals surface area contributed by atoms with Crippen LogP contribution in [0.5, 0.6) is 5.75 Å². The summed E-state index contributed by atoms with van der Waals surface area (Å²) < 4.78 is 29.8. The average molecular weight is 487 g/mol. The van der Waals surface area contributed by atoms with E-state index in [-0.39, 0.29) is 29.1 Å². The Balaban J connectivity index is 1.35. The first-order valence-corrected chi connectivity index (χ1v) is 12.8. The number of sulfone groups is 1. The lowest BCUT2D eigenvalue weighted by atomic mass is 10.1. The highest BCUT2D eigenvalue weighted by Gasteiger charge is 2.34. The van der Waals surface area contributed by atoms with Gasteiger partial charge >= 0.3 is 0 Å². The van der Waals surface area contributed by atoms with Crippen molar-refractivity contribution in [3.63, 3.8) is 0 Å². The number of rotatable bonds is 8. The average Bonchev–Trinajstić information content (AvgIpc) is 3.40. The molecule has 1 saturated heterocycles. The first-order chi connectivity index (χ1) is 15.8. The Morgan fingerprint density at radius 3 is 2.58 bits per heavy atom. The van der Waals surface area contributed by atoms with Gasteiger partial charge in [-0.3, -0.25) is 14.9 Å². The Hall–Kier alpha value is -3.31. The van der Waals surface area contributed by atoms with Crippen LogP contribution in [0.4, 0.5) is 10.8 Å². The molecule has 1 aromatic heterocycles. The number of benzene rings is 2. The summed E-state index contributed by atoms with van der Waals surface area (Å²) in [5.41, 5.74) is 1.39. The number of carbonyl (C=O) groups excluding carboxylic acids is 2. The maximum absolute atomic E-state index is 12.5. The summed E-state index contributed by atoms with van der Waals surface area (Å²) in [7, 11) is -2.05. The fraction of sp³-hybridized carbons (Fsp3) is 0.273. The molecule has 1 unspecified atom stereocenters. The molecule has 2 aromatic carbocycles. The third-order valence-corrected chi connectivity index (χ3v) is 7.60. The lowest BCUT2D eigenvalue weighted by Crippen LogP contribution is -2.24. The van der Waals surface area contributed by atoms with Crippen LogP contribution in [-0.2, 0) is 25.2 Å². The summed E-state index contributed by atoms with van der Waals surface area (Å²) in [6, 6.07) is 15.9. The van der Waals surface area contributed by atoms with E-state index in [1.165, 1.54) is 0 Å². The van der Waals surface area contributed by atoms with Crippen molar-refractivity contribution >= 4 is 43.8 Å². The summed E-state index contributed by atoms with van der Waals surface area (Å²) in [6.45, 7) is 0.444. The van der Waals surface area contributed by atoms with Crippen molar-refractivity contribution in [3.05, 3.63) is 65.2 Å². The van der Waals surface area contributed by atoms with Crippen LogP contribution >= 0.6 is 11.3 Å². The molecule has 4 rings (SSSR count). The van der Waals surface area contributed by atoms with Crippen LogP contribution in [0, 0.1) is 0 Å². The summed E-state index contributed by atoms with van der Waals surface area (Å²) in [6.07, 6.45) is 0.278. The van der Waals surface area contributed by atoms with Gasteiger partial charge in [-0.05, 0) is 29.8 Å². The van der Waals surface area contributed by atoms with Crippen molar-refractivity contribution in [2.45, 2.75) is 18.1 Å². The molecule has 0 bridgehead atoms. The van der Waals surface area contributed by atoms with Gasteiger partial charge in [-0.2, -0.15) is 0 Å². The molecule has 33 heavy (non-hydrogen) atoms. The van der Waals surface area contributed by atoms with E-state index in [1.54, 1.807) is 54.5 Å². The van der Waals surface area contributed by atoms with Gasteiger partial charge in [-0.15, -0.1) is 10.2 Å². The molecule has 1 aliphatic heterocycles. The van der Waals surface area contributed by atoms with Crippen LogP contribution in [0.15, 0.2) is 54.6 Å². The van der Waals surface area contributed by atoms with Crippen LogP contribution in [0.1, 0.15) is 22.9 Å². The maximum Gasteiger partial charge on any atom is 0.241 e. The Morgan fingerprint density at radius 2 is 1.88 bits per heavy atom. The monoisotopic (exact) mass is 486 g/mol. The van der Waals surface area contributed by atoms with Crippen molar-refractivity contribution in [3.8, 4) is 5.75 Å². The smallest absolute Gasteiger partial charge is 0.241 e. The molecule has 0 radical (unpaired) electrons. The molecule has 2 amide bonds. The van der Waals surface area contributed by atoms with Gasteiger partial charge in [-0.25, -0.2) is 8.42 Å². The fourth-order valence-corrected chi connectivity index (χ4v) is 5.69. The van der Waals surface area contributed by atoms with Gasteiger partial charge in [0.15, 0.2) is 9.84 Å². The molecule has 11 heteroatoms. The van der Waals surface area contributed by atoms with E-state index >= 15 is 0 Å². The van der Waals surface area contributed by atoms with Gasteiger partial charge in [0, 0.05) is 24.6 Å². The molecule has 1 atom stereocenters. The number of anilines is 2. The lowest BCUT2D eigenvalue weighted by molar-refractivity contribution is -0.117. The second-order valence-corrected chi connectivity index (χ2v) is 10.7. The maximum atomic E-state index is 12.5. The number of carbonyl (C=O) groups is 2. The van der Waals surface area contributed by atoms with Crippen molar-refractivity contribution in [2.24, 2.45) is 0 Å². The highest BCUT2D eigenvalue weighted by atomic mass is 32.2. The van der Waals surface area contributed by atoms with E-state index in [4.69, 9.17) is 4.74 Å². The quantitative estimate of drug-likeness (QED) is 0.520. The summed E-state index contributed by atoms with van der Waals surface area (Å²) in [5.74, 6) is -1.02. The number of hydrogen-bond acceptors (Lipinski definition) is 8. The lowest BCUT2D eigenvalue weighted by Gasteiger charge is -2.16. The second kappa shape index (κ2) is 9.67. The summed E-state index contributed by atoms with van der Waals surface area (Å²) in [5, 5.41) is 11.4. The van der Waals surface area contributed by atoms with E-state index in [9.17, 15) is 18.0 Å². The van der Waals surface area contributed by atoms with E-state index < -0.39 is 21.5 Å². The van der Waals surface area contributed by atoms with Gasteiger partial charge in [-0.1, -0.05) is 41.7 Å². The van der Waals surface area contributed by atoms with Crippen molar-refractivity contribution in [1.82, 2.24) is 10.2 Å². The first-order valence-electron chi connectivity index (χ1n) is 10.1. The van der Waals surface area contributed by atoms with E-state index in [0.29, 0.717) is 22.9 Å². The van der Waals surface area contributed by atoms with Crippen LogP contribution < -0.4 is 15.0 Å². The van der Waals surface area contributed by atoms with Crippen LogP contribution in [0.25, 0.3) is 0 Å². The van der Waals surface area contributed by atoms with Crippen LogP contribution in [-0.4, -0.2) is 49.8 Å². The fourth-order valence-electron chi connectivity index (χ4n) is 3.57. The van der Waals surface area contributed by atoms with Gasteiger partial charge in [0.1, 0.15) is 16.5 Å². The van der Waals surface area contributed by atoms with E-state index in [2.05, 4.69) is 15.5 Å². The van der Waals surface area contributed by atoms with Gasteiger partial charge in [0.05, 0.1) is 12.9 Å². The number of hydrogen-bond donors (Lipinski definition) is 1. The number of aromatic nitrogens is 2. The SMILES string of the molecule is COc1ccc(N2CC(c3nnc(NC(=O)CS(=O)(=O)Cc4ccccc4)s3)CC2=O)cc1. The zero-order valence-electron chi connectivity index (χ0n) is 17.8. The van der Waals surface area contributed by atoms with Crippen molar-refractivity contribution in [2.75, 3.05) is 29.6 Å². The molecule has 1 N–H and O–H groups in total. The molecule has 1 aliphatic rings. The number of amides is 2. The standard InChI is InChI=1S/C22H22N4O5S2/c1-31-18-9-7-17(8-10-18)26-12-16(11-20(26)28)21-24-25-22(32-21)23-19(27)14-33(29,30)13-15-5-3-2-4-6-15/h2-10,16H,11-14H2,1H3,(H,23,25,27). The Labute approximate surface area is 195 Å². The minimum Gasteiger partial charge on any atom is -0.497 e. The molecule has 2 heterocycles. The van der Waals surface area contributed by atoms with Gasteiger partial charge < -0.3 is 9.64 Å². The molecule has 0 aliphatic carbocycles. The minimum absolute atomic E-state index is 0.0297. The number of nitrogens with one attached hydrogen (secondary N) is 1. The number of ether oxygens (including phenoxy) is 1. The van der Waals surface area contributed by atoms with Crippen molar-refractivity contribution in [1.29, 1.82) is 0 Å². The molecular formula is C22H22N4O5S2. The van der Waals surface area contributed by atoms with Crippen molar-refractivity contribution < 1.29 is 22.7 Å². The molecule has 0 spiro atoms. The molecule has 9 nitrogen and oxygen atoms in total. The highest BCUT2D eigenvalue weighted by molar-refractivity contribution is 7.91. The zero-order valence-corrected chi connectivity index (χ0v) is 19.4. The molecule has 172 valence electrons. The summed E-state index contributed by atoms with van der Waals surface area (Å²) in [4.78, 5) is 26.5. The Bertz CT molecular complexity index is 1240. The third kappa shape index (κ3) is 5.74. The Kier molecular flexibility index (Phi) is 6.70. The van der Waals surface area contributed by atoms with Crippen LogP contribution in [0.2, 0.25) is 0 Å². The largest absolute Gasteiger partial charge is 0.497 e. The minimum atomic E-state index is -3.63. The molecule has 3 aromatic rings. The van der Waals surface area contributed by atoms with E-state index in [0.717, 1.165) is 17.0 Å². The Morgan fingerprint density at radius 1 is 1.15 bits per heavy atom. The molecule has 1 fully saturated rings. The first kappa shape index (κ1) is 22.9. The molecular weight excluding hydrogens is 464 g/mol. The highest BCUT2D eigenvalue weighted by Crippen LogP contribution is 2.34. The third-order valence-electron chi connectivity index (χ3n) is 5.13. The predicted molar refractivity (Wildman–Crippen MR) is 125 cm³/mol. The zero-order chi connectivity index (χ0) is 23.4. The topological polar surface area (TPSA) is 119 Å². The molecule has 0 saturated carbocycles. The number of nitrogens with zero attached hydrogens (tertiary/aromatic N) is 3. The second-order valence-electron chi connectivity index (χ2n) is 7.61. The van der Waals surface area contributed by atoms with E-state index in [1.807, 2.05) is 12.1 Å². The number of methoxy groups -OCH3 is 1. The van der Waals surface area contributed by atoms with Crippen LogP contribution in [0.3, 0.4) is 0 Å².